The van der Waals surface area contributed by atoms with Gasteiger partial charge >= 0.3 is 0 Å². The Morgan fingerprint density at radius 3 is 2.94 bits per heavy atom. The van der Waals surface area contributed by atoms with E-state index in [0.29, 0.717) is 5.56 Å². The molecule has 3 aromatic heterocycles. The Kier molecular flexibility index (Phi) is 2.16. The highest BCUT2D eigenvalue weighted by molar-refractivity contribution is 7.22. The van der Waals surface area contributed by atoms with Gasteiger partial charge in [0, 0.05) is 31.0 Å². The van der Waals surface area contributed by atoms with E-state index in [1.54, 1.807) is 34.6 Å². The quantitative estimate of drug-likeness (QED) is 0.657. The lowest BCUT2D eigenvalue weighted by molar-refractivity contribution is 0.777. The third-order valence-corrected chi connectivity index (χ3v) is 3.82. The van der Waals surface area contributed by atoms with Crippen LogP contribution in [0.3, 0.4) is 0 Å². The first-order valence-corrected chi connectivity index (χ1v) is 5.88. The summed E-state index contributed by atoms with van der Waals surface area (Å²) in [5.41, 5.74) is 1.67. The van der Waals surface area contributed by atoms with Gasteiger partial charge in [-0.3, -0.25) is 9.67 Å². The first-order valence-electron chi connectivity index (χ1n) is 5.06. The van der Waals surface area contributed by atoms with E-state index in [-0.39, 0.29) is 0 Å². The summed E-state index contributed by atoms with van der Waals surface area (Å²) in [7, 11) is 1.87. The van der Waals surface area contributed by atoms with Crippen LogP contribution in [0.15, 0.2) is 30.7 Å². The molecule has 0 saturated heterocycles. The third-order valence-electron chi connectivity index (χ3n) is 2.66. The smallest absolute Gasteiger partial charge is 0.101 e. The summed E-state index contributed by atoms with van der Waals surface area (Å²) in [6, 6.07) is 6.07. The van der Waals surface area contributed by atoms with Crippen molar-refractivity contribution < 1.29 is 0 Å². The Bertz CT molecular complexity index is 732. The second-order valence-electron chi connectivity index (χ2n) is 3.63. The summed E-state index contributed by atoms with van der Waals surface area (Å²) in [6.45, 7) is 0. The Balaban J connectivity index is 2.38. The van der Waals surface area contributed by atoms with Crippen LogP contribution >= 0.6 is 11.3 Å². The molecule has 0 N–H and O–H groups in total. The molecule has 0 atom stereocenters. The van der Waals surface area contributed by atoms with Gasteiger partial charge in [-0.2, -0.15) is 10.4 Å². The van der Waals surface area contributed by atoms with Gasteiger partial charge in [0.25, 0.3) is 0 Å². The van der Waals surface area contributed by atoms with Crippen molar-refractivity contribution in [3.63, 3.8) is 0 Å². The molecule has 17 heavy (non-hydrogen) atoms. The van der Waals surface area contributed by atoms with Crippen LogP contribution in [0.5, 0.6) is 0 Å². The Labute approximate surface area is 102 Å². The van der Waals surface area contributed by atoms with Crippen LogP contribution in [0.25, 0.3) is 20.7 Å². The minimum absolute atomic E-state index is 0.705. The predicted molar refractivity (Wildman–Crippen MR) is 66.5 cm³/mol. The van der Waals surface area contributed by atoms with Crippen LogP contribution in [0.1, 0.15) is 5.56 Å². The third kappa shape index (κ3) is 1.42. The van der Waals surface area contributed by atoms with Crippen LogP contribution in [0.4, 0.5) is 0 Å². The van der Waals surface area contributed by atoms with Gasteiger partial charge in [0.2, 0.25) is 0 Å². The van der Waals surface area contributed by atoms with Crippen molar-refractivity contribution in [2.75, 3.05) is 0 Å². The summed E-state index contributed by atoms with van der Waals surface area (Å²) in [4.78, 5) is 5.04. The molecule has 0 radical (unpaired) electrons. The van der Waals surface area contributed by atoms with E-state index in [1.807, 2.05) is 19.2 Å². The van der Waals surface area contributed by atoms with Crippen molar-refractivity contribution in [3.8, 4) is 16.6 Å². The van der Waals surface area contributed by atoms with E-state index in [9.17, 15) is 5.26 Å². The molecule has 3 heterocycles. The molecule has 82 valence electrons. The molecule has 0 aliphatic carbocycles. The van der Waals surface area contributed by atoms with Gasteiger partial charge in [0.1, 0.15) is 6.07 Å². The number of rotatable bonds is 1. The minimum atomic E-state index is 0.705. The number of aryl methyl sites for hydroxylation is 1. The number of pyridine rings is 1. The molecule has 0 aromatic carbocycles. The fourth-order valence-electron chi connectivity index (χ4n) is 1.84. The van der Waals surface area contributed by atoms with Crippen LogP contribution in [0, 0.1) is 11.3 Å². The standard InChI is InChI=1S/C12H8N4S/c1-16-10(3-5-15-16)12-9(6-13)8-2-4-14-7-11(8)17-12/h2-5,7H,1H3. The van der Waals surface area contributed by atoms with E-state index in [4.69, 9.17) is 0 Å². The summed E-state index contributed by atoms with van der Waals surface area (Å²) in [6.07, 6.45) is 5.24. The number of nitrogens with zero attached hydrogens (tertiary/aromatic N) is 4. The Morgan fingerprint density at radius 2 is 2.24 bits per heavy atom. The van der Waals surface area contributed by atoms with Crippen molar-refractivity contribution in [3.05, 3.63) is 36.3 Å². The lowest BCUT2D eigenvalue weighted by atomic mass is 10.1. The average Bonchev–Trinajstić information content (AvgIpc) is 2.91. The van der Waals surface area contributed by atoms with Gasteiger partial charge in [0.05, 0.1) is 20.8 Å². The zero-order chi connectivity index (χ0) is 11.8. The van der Waals surface area contributed by atoms with Crippen molar-refractivity contribution in [1.82, 2.24) is 14.8 Å². The molecule has 4 nitrogen and oxygen atoms in total. The van der Waals surface area contributed by atoms with Gasteiger partial charge in [0.15, 0.2) is 0 Å². The van der Waals surface area contributed by atoms with Crippen LogP contribution in [0.2, 0.25) is 0 Å². The number of fused-ring (bicyclic) bond motifs is 1. The molecular weight excluding hydrogens is 232 g/mol. The SMILES string of the molecule is Cn1nccc1-c1sc2cnccc2c1C#N. The predicted octanol–water partition coefficient (Wildman–Crippen LogP) is 2.57. The van der Waals surface area contributed by atoms with Crippen molar-refractivity contribution >= 4 is 21.4 Å². The fourth-order valence-corrected chi connectivity index (χ4v) is 3.02. The van der Waals surface area contributed by atoms with Gasteiger partial charge in [-0.05, 0) is 12.1 Å². The average molecular weight is 240 g/mol. The Hall–Kier alpha value is -2.19. The monoisotopic (exact) mass is 240 g/mol. The molecule has 0 spiro atoms. The molecule has 0 unspecified atom stereocenters. The highest BCUT2D eigenvalue weighted by Crippen LogP contribution is 2.37. The molecule has 3 aromatic rings. The van der Waals surface area contributed by atoms with E-state index >= 15 is 0 Å². The maximum Gasteiger partial charge on any atom is 0.101 e. The highest BCUT2D eigenvalue weighted by Gasteiger charge is 2.15. The lowest BCUT2D eigenvalue weighted by Crippen LogP contribution is -1.92. The number of thiophene rings is 1. The maximum atomic E-state index is 9.30. The number of aromatic nitrogens is 3. The van der Waals surface area contributed by atoms with E-state index in [0.717, 1.165) is 20.7 Å². The van der Waals surface area contributed by atoms with Crippen LogP contribution in [-0.2, 0) is 7.05 Å². The Morgan fingerprint density at radius 1 is 1.35 bits per heavy atom. The molecule has 0 aliphatic rings. The van der Waals surface area contributed by atoms with E-state index < -0.39 is 0 Å². The largest absolute Gasteiger partial charge is 0.267 e. The number of nitriles is 1. The van der Waals surface area contributed by atoms with Gasteiger partial charge in [-0.25, -0.2) is 0 Å². The fraction of sp³-hybridized carbons (Fsp3) is 0.0833. The van der Waals surface area contributed by atoms with Crippen LogP contribution in [-0.4, -0.2) is 14.8 Å². The second-order valence-corrected chi connectivity index (χ2v) is 4.68. The molecule has 0 bridgehead atoms. The summed E-state index contributed by atoms with van der Waals surface area (Å²) in [5.74, 6) is 0. The van der Waals surface area contributed by atoms with Crippen molar-refractivity contribution in [2.45, 2.75) is 0 Å². The normalized spacial score (nSPS) is 10.6. The molecule has 0 aliphatic heterocycles. The first kappa shape index (κ1) is 10.00. The summed E-state index contributed by atoms with van der Waals surface area (Å²) in [5, 5.41) is 14.4. The molecule has 0 amide bonds. The lowest BCUT2D eigenvalue weighted by Gasteiger charge is -1.98. The van der Waals surface area contributed by atoms with Gasteiger partial charge in [-0.15, -0.1) is 11.3 Å². The van der Waals surface area contributed by atoms with Crippen molar-refractivity contribution in [2.24, 2.45) is 7.05 Å². The van der Waals surface area contributed by atoms with Gasteiger partial charge < -0.3 is 0 Å². The second kappa shape index (κ2) is 3.68. The minimum Gasteiger partial charge on any atom is -0.267 e. The highest BCUT2D eigenvalue weighted by atomic mass is 32.1. The van der Waals surface area contributed by atoms with E-state index in [1.165, 1.54) is 0 Å². The number of hydrogen-bond acceptors (Lipinski definition) is 4. The molecular formula is C12H8N4S. The summed E-state index contributed by atoms with van der Waals surface area (Å²) >= 11 is 1.57. The van der Waals surface area contributed by atoms with E-state index in [2.05, 4.69) is 16.2 Å². The first-order chi connectivity index (χ1) is 8.31. The van der Waals surface area contributed by atoms with Gasteiger partial charge in [-0.1, -0.05) is 0 Å². The molecule has 0 fully saturated rings. The van der Waals surface area contributed by atoms with Crippen molar-refractivity contribution in [1.29, 1.82) is 5.26 Å². The zero-order valence-electron chi connectivity index (χ0n) is 9.08. The molecule has 3 rings (SSSR count). The molecule has 5 heteroatoms. The maximum absolute atomic E-state index is 9.30. The topological polar surface area (TPSA) is 54.5 Å². The zero-order valence-corrected chi connectivity index (χ0v) is 9.90. The van der Waals surface area contributed by atoms with Crippen LogP contribution < -0.4 is 0 Å². The summed E-state index contributed by atoms with van der Waals surface area (Å²) < 4.78 is 2.80. The molecule has 0 saturated carbocycles. The number of hydrogen-bond donors (Lipinski definition) is 0.